The SMILES string of the molecule is CCOC(=O)c1c(NC(=O)c2ccc(COc3ccc([N+](=O)[O-])cc3)o2)sc(C(N)=O)c1C. The van der Waals surface area contributed by atoms with Gasteiger partial charge in [0, 0.05) is 12.1 Å². The molecule has 0 fully saturated rings. The topological polar surface area (TPSA) is 164 Å². The number of nitrogens with zero attached hydrogens (tertiary/aromatic N) is 1. The van der Waals surface area contributed by atoms with E-state index in [1.165, 1.54) is 36.4 Å². The van der Waals surface area contributed by atoms with E-state index in [9.17, 15) is 24.5 Å². The molecule has 0 bridgehead atoms. The maximum Gasteiger partial charge on any atom is 0.341 e. The van der Waals surface area contributed by atoms with Gasteiger partial charge in [0.1, 0.15) is 23.1 Å². The summed E-state index contributed by atoms with van der Waals surface area (Å²) in [4.78, 5) is 47.0. The van der Waals surface area contributed by atoms with Crippen molar-refractivity contribution in [2.24, 2.45) is 5.73 Å². The summed E-state index contributed by atoms with van der Waals surface area (Å²) in [7, 11) is 0. The van der Waals surface area contributed by atoms with Crippen molar-refractivity contribution in [3.63, 3.8) is 0 Å². The van der Waals surface area contributed by atoms with Crippen molar-refractivity contribution in [1.29, 1.82) is 0 Å². The Hall–Kier alpha value is -4.19. The van der Waals surface area contributed by atoms with Crippen LogP contribution in [0.25, 0.3) is 0 Å². The lowest BCUT2D eigenvalue weighted by Crippen LogP contribution is -2.14. The highest BCUT2D eigenvalue weighted by molar-refractivity contribution is 7.18. The number of rotatable bonds is 9. The Kier molecular flexibility index (Phi) is 7.08. The van der Waals surface area contributed by atoms with Crippen LogP contribution in [0.1, 0.15) is 48.8 Å². The fourth-order valence-corrected chi connectivity index (χ4v) is 3.89. The minimum Gasteiger partial charge on any atom is -0.486 e. The molecule has 12 heteroatoms. The van der Waals surface area contributed by atoms with Gasteiger partial charge in [-0.25, -0.2) is 4.79 Å². The number of esters is 1. The van der Waals surface area contributed by atoms with Gasteiger partial charge < -0.3 is 24.9 Å². The first-order valence-electron chi connectivity index (χ1n) is 9.58. The lowest BCUT2D eigenvalue weighted by molar-refractivity contribution is -0.384. The molecular formula is C21H19N3O8S. The van der Waals surface area contributed by atoms with E-state index < -0.39 is 22.7 Å². The Bertz CT molecular complexity index is 1210. The van der Waals surface area contributed by atoms with Crippen molar-refractivity contribution in [1.82, 2.24) is 0 Å². The number of ether oxygens (including phenoxy) is 2. The monoisotopic (exact) mass is 473 g/mol. The molecule has 33 heavy (non-hydrogen) atoms. The fraction of sp³-hybridized carbons (Fsp3) is 0.190. The van der Waals surface area contributed by atoms with Crippen molar-refractivity contribution in [2.45, 2.75) is 20.5 Å². The number of nitrogens with two attached hydrogens (primary N) is 1. The smallest absolute Gasteiger partial charge is 0.341 e. The molecule has 1 aromatic carbocycles. The zero-order valence-electron chi connectivity index (χ0n) is 17.6. The van der Waals surface area contributed by atoms with Gasteiger partial charge in [0.05, 0.1) is 22.0 Å². The summed E-state index contributed by atoms with van der Waals surface area (Å²) in [5.74, 6) is -1.42. The van der Waals surface area contributed by atoms with Crippen LogP contribution >= 0.6 is 11.3 Å². The van der Waals surface area contributed by atoms with Crippen LogP contribution in [0.5, 0.6) is 5.75 Å². The zero-order chi connectivity index (χ0) is 24.1. The van der Waals surface area contributed by atoms with Crippen LogP contribution in [0.3, 0.4) is 0 Å². The second kappa shape index (κ2) is 9.96. The van der Waals surface area contributed by atoms with Crippen molar-refractivity contribution < 1.29 is 33.2 Å². The second-order valence-corrected chi connectivity index (χ2v) is 7.63. The Labute approximate surface area is 191 Å². The molecule has 0 radical (unpaired) electrons. The molecule has 2 aromatic heterocycles. The predicted octanol–water partition coefficient (Wildman–Crippen LogP) is 3.66. The number of furan rings is 1. The van der Waals surface area contributed by atoms with Crippen LogP contribution in [0.4, 0.5) is 10.7 Å². The normalized spacial score (nSPS) is 10.5. The summed E-state index contributed by atoms with van der Waals surface area (Å²) < 4.78 is 16.0. The molecule has 3 aromatic rings. The van der Waals surface area contributed by atoms with Gasteiger partial charge in [-0.3, -0.25) is 19.7 Å². The third-order valence-electron chi connectivity index (χ3n) is 4.39. The molecule has 0 aliphatic carbocycles. The summed E-state index contributed by atoms with van der Waals surface area (Å²) in [6.07, 6.45) is 0. The highest BCUT2D eigenvalue weighted by Crippen LogP contribution is 2.34. The van der Waals surface area contributed by atoms with Gasteiger partial charge in [-0.2, -0.15) is 0 Å². The molecule has 11 nitrogen and oxygen atoms in total. The number of anilines is 1. The number of hydrogen-bond donors (Lipinski definition) is 2. The van der Waals surface area contributed by atoms with Crippen LogP contribution in [0, 0.1) is 17.0 Å². The van der Waals surface area contributed by atoms with Gasteiger partial charge in [-0.15, -0.1) is 11.3 Å². The first-order valence-corrected chi connectivity index (χ1v) is 10.4. The molecule has 0 atom stereocenters. The predicted molar refractivity (Wildman–Crippen MR) is 118 cm³/mol. The molecule has 0 saturated carbocycles. The Morgan fingerprint density at radius 2 is 1.88 bits per heavy atom. The number of nitrogens with one attached hydrogen (secondary N) is 1. The van der Waals surface area contributed by atoms with Gasteiger partial charge in [0.15, 0.2) is 5.76 Å². The van der Waals surface area contributed by atoms with Crippen molar-refractivity contribution >= 4 is 39.8 Å². The van der Waals surface area contributed by atoms with Gasteiger partial charge in [-0.1, -0.05) is 0 Å². The van der Waals surface area contributed by atoms with E-state index in [1.807, 2.05) is 0 Å². The lowest BCUT2D eigenvalue weighted by atomic mass is 10.1. The van der Waals surface area contributed by atoms with E-state index in [2.05, 4.69) is 5.32 Å². The zero-order valence-corrected chi connectivity index (χ0v) is 18.4. The maximum absolute atomic E-state index is 12.7. The third-order valence-corrected chi connectivity index (χ3v) is 5.61. The summed E-state index contributed by atoms with van der Waals surface area (Å²) in [5.41, 5.74) is 5.67. The summed E-state index contributed by atoms with van der Waals surface area (Å²) in [6, 6.07) is 8.45. The summed E-state index contributed by atoms with van der Waals surface area (Å²) in [5, 5.41) is 13.4. The van der Waals surface area contributed by atoms with Gasteiger partial charge in [-0.05, 0) is 43.7 Å². The standard InChI is InChI=1S/C21H19N3O8S/c1-3-30-21(27)16-11(2)17(18(22)25)33-20(16)23-19(26)15-9-8-14(32-15)10-31-13-6-4-12(5-7-13)24(28)29/h4-9H,3,10H2,1-2H3,(H2,22,25)(H,23,26). The molecule has 0 aliphatic heterocycles. The number of primary amides is 1. The second-order valence-electron chi connectivity index (χ2n) is 6.60. The average Bonchev–Trinajstić information content (AvgIpc) is 3.37. The van der Waals surface area contributed by atoms with Crippen molar-refractivity contribution in [3.8, 4) is 5.75 Å². The van der Waals surface area contributed by atoms with Gasteiger partial charge in [0.2, 0.25) is 0 Å². The Morgan fingerprint density at radius 1 is 1.18 bits per heavy atom. The number of benzene rings is 1. The quantitative estimate of drug-likeness (QED) is 0.270. The minimum atomic E-state index is -0.729. The number of nitro groups is 1. The number of nitro benzene ring substituents is 1. The third kappa shape index (κ3) is 5.36. The molecule has 3 rings (SSSR count). The molecule has 172 valence electrons. The molecule has 0 aliphatic rings. The van der Waals surface area contributed by atoms with E-state index in [0.717, 1.165) is 11.3 Å². The molecular weight excluding hydrogens is 454 g/mol. The van der Waals surface area contributed by atoms with E-state index in [4.69, 9.17) is 19.6 Å². The average molecular weight is 473 g/mol. The Morgan fingerprint density at radius 3 is 2.48 bits per heavy atom. The van der Waals surface area contributed by atoms with Crippen LogP contribution in [0.2, 0.25) is 0 Å². The first kappa shape index (κ1) is 23.5. The number of carbonyl (C=O) groups is 3. The Balaban J connectivity index is 1.71. The molecule has 0 unspecified atom stereocenters. The lowest BCUT2D eigenvalue weighted by Gasteiger charge is -2.06. The summed E-state index contributed by atoms with van der Waals surface area (Å²) in [6.45, 7) is 3.27. The van der Waals surface area contributed by atoms with E-state index in [1.54, 1.807) is 13.8 Å². The number of thiophene rings is 1. The number of non-ortho nitro benzene ring substituents is 1. The van der Waals surface area contributed by atoms with Gasteiger partial charge >= 0.3 is 5.97 Å². The van der Waals surface area contributed by atoms with Crippen LogP contribution < -0.4 is 15.8 Å². The van der Waals surface area contributed by atoms with Crippen LogP contribution in [-0.2, 0) is 11.3 Å². The first-order chi connectivity index (χ1) is 15.7. The van der Waals surface area contributed by atoms with E-state index in [0.29, 0.717) is 17.1 Å². The maximum atomic E-state index is 12.7. The molecule has 2 amide bonds. The van der Waals surface area contributed by atoms with E-state index in [-0.39, 0.29) is 40.1 Å². The molecule has 3 N–H and O–H groups in total. The van der Waals surface area contributed by atoms with Gasteiger partial charge in [0.25, 0.3) is 17.5 Å². The minimum absolute atomic E-state index is 0.0247. The van der Waals surface area contributed by atoms with Crippen LogP contribution in [-0.4, -0.2) is 29.3 Å². The van der Waals surface area contributed by atoms with E-state index >= 15 is 0 Å². The van der Waals surface area contributed by atoms with Crippen molar-refractivity contribution in [3.05, 3.63) is 74.0 Å². The molecule has 2 heterocycles. The highest BCUT2D eigenvalue weighted by Gasteiger charge is 2.26. The largest absolute Gasteiger partial charge is 0.486 e. The van der Waals surface area contributed by atoms with Crippen LogP contribution in [0.15, 0.2) is 40.8 Å². The molecule has 0 spiro atoms. The number of carbonyl (C=O) groups excluding carboxylic acids is 3. The number of hydrogen-bond acceptors (Lipinski definition) is 9. The van der Waals surface area contributed by atoms with Crippen molar-refractivity contribution in [2.75, 3.05) is 11.9 Å². The molecule has 0 saturated heterocycles. The number of amides is 2. The fourth-order valence-electron chi connectivity index (χ4n) is 2.85. The summed E-state index contributed by atoms with van der Waals surface area (Å²) >= 11 is 0.867. The highest BCUT2D eigenvalue weighted by atomic mass is 32.1.